The van der Waals surface area contributed by atoms with Crippen molar-refractivity contribution >= 4 is 11.9 Å². The molecule has 2 aromatic rings. The number of fused-ring (bicyclic) bond motifs is 1. The van der Waals surface area contributed by atoms with E-state index >= 15 is 0 Å². The Morgan fingerprint density at radius 1 is 1.00 bits per heavy atom. The zero-order chi connectivity index (χ0) is 13.8. The van der Waals surface area contributed by atoms with Gasteiger partial charge in [-0.05, 0) is 24.3 Å². The second-order valence-corrected chi connectivity index (χ2v) is 4.50. The molecule has 0 fully saturated rings. The van der Waals surface area contributed by atoms with Crippen LogP contribution in [0.15, 0.2) is 47.5 Å². The van der Waals surface area contributed by atoms with Gasteiger partial charge < -0.3 is 14.6 Å². The summed E-state index contributed by atoms with van der Waals surface area (Å²) >= 11 is 0. The van der Waals surface area contributed by atoms with Gasteiger partial charge in [-0.15, -0.1) is 0 Å². The first-order valence-corrected chi connectivity index (χ1v) is 6.55. The largest absolute Gasteiger partial charge is 0.507 e. The molecule has 1 heterocycles. The molecule has 1 aliphatic heterocycles. The topological polar surface area (TPSA) is 51.1 Å². The lowest BCUT2D eigenvalue weighted by Crippen LogP contribution is -1.97. The van der Waals surface area contributed by atoms with Crippen LogP contribution in [-0.2, 0) is 0 Å². The van der Waals surface area contributed by atoms with Crippen molar-refractivity contribution in [3.63, 3.8) is 0 Å². The predicted octanol–water partition coefficient (Wildman–Crippen LogP) is 3.30. The van der Waals surface area contributed by atoms with Crippen molar-refractivity contribution in [2.45, 2.75) is 6.42 Å². The summed E-state index contributed by atoms with van der Waals surface area (Å²) in [4.78, 5) is 4.36. The molecule has 20 heavy (non-hydrogen) atoms. The first-order chi connectivity index (χ1) is 9.83. The van der Waals surface area contributed by atoms with Crippen molar-refractivity contribution in [2.75, 3.05) is 13.2 Å². The van der Waals surface area contributed by atoms with Gasteiger partial charge in [-0.3, -0.25) is 4.99 Å². The fourth-order valence-corrected chi connectivity index (χ4v) is 1.97. The number of aromatic hydroxyl groups is 1. The highest BCUT2D eigenvalue weighted by Crippen LogP contribution is 2.33. The number of hydrogen-bond acceptors (Lipinski definition) is 4. The van der Waals surface area contributed by atoms with Gasteiger partial charge in [-0.2, -0.15) is 0 Å². The first kappa shape index (κ1) is 12.5. The minimum atomic E-state index is 0.214. The Balaban J connectivity index is 1.85. The van der Waals surface area contributed by atoms with E-state index in [1.165, 1.54) is 0 Å². The Kier molecular flexibility index (Phi) is 3.54. The number of para-hydroxylation sites is 1. The van der Waals surface area contributed by atoms with Crippen molar-refractivity contribution in [1.29, 1.82) is 0 Å². The molecule has 0 saturated heterocycles. The van der Waals surface area contributed by atoms with Crippen LogP contribution in [0.3, 0.4) is 0 Å². The standard InChI is InChI=1S/C16H15NO3/c18-14-5-2-1-4-12(14)11-17-13-6-7-15-16(10-13)20-9-3-8-19-15/h1-2,4-7,10-11,18H,3,8-9H2. The second-order valence-electron chi connectivity index (χ2n) is 4.50. The van der Waals surface area contributed by atoms with Crippen LogP contribution < -0.4 is 9.47 Å². The Labute approximate surface area is 117 Å². The fraction of sp³-hybridized carbons (Fsp3) is 0.188. The molecule has 1 aliphatic rings. The maximum atomic E-state index is 9.68. The van der Waals surface area contributed by atoms with Crippen LogP contribution in [0.25, 0.3) is 0 Å². The summed E-state index contributed by atoms with van der Waals surface area (Å²) in [6.45, 7) is 1.33. The highest BCUT2D eigenvalue weighted by atomic mass is 16.5. The zero-order valence-corrected chi connectivity index (χ0v) is 11.0. The van der Waals surface area contributed by atoms with Crippen LogP contribution in [0.2, 0.25) is 0 Å². The van der Waals surface area contributed by atoms with Crippen molar-refractivity contribution in [2.24, 2.45) is 4.99 Å². The lowest BCUT2D eigenvalue weighted by Gasteiger charge is -2.07. The molecule has 0 amide bonds. The molecule has 4 heteroatoms. The SMILES string of the molecule is Oc1ccccc1C=Nc1ccc2c(c1)OCCCO2. The van der Waals surface area contributed by atoms with Gasteiger partial charge in [-0.25, -0.2) is 0 Å². The molecule has 0 radical (unpaired) electrons. The van der Waals surface area contributed by atoms with E-state index in [1.54, 1.807) is 18.3 Å². The molecule has 3 rings (SSSR count). The number of phenolic OH excluding ortho intramolecular Hbond substituents is 1. The molecule has 0 saturated carbocycles. The third-order valence-corrected chi connectivity index (χ3v) is 3.02. The van der Waals surface area contributed by atoms with E-state index in [-0.39, 0.29) is 5.75 Å². The average molecular weight is 269 g/mol. The number of phenols is 1. The quantitative estimate of drug-likeness (QED) is 0.851. The molecule has 0 spiro atoms. The normalized spacial score (nSPS) is 14.2. The van der Waals surface area contributed by atoms with Gasteiger partial charge in [0.15, 0.2) is 11.5 Å². The number of rotatable bonds is 2. The van der Waals surface area contributed by atoms with E-state index in [9.17, 15) is 5.11 Å². The summed E-state index contributed by atoms with van der Waals surface area (Å²) in [5, 5.41) is 9.68. The third kappa shape index (κ3) is 2.74. The Morgan fingerprint density at radius 3 is 2.65 bits per heavy atom. The van der Waals surface area contributed by atoms with E-state index in [0.717, 1.165) is 23.6 Å². The average Bonchev–Trinajstić information content (AvgIpc) is 2.71. The minimum absolute atomic E-state index is 0.214. The Hall–Kier alpha value is -2.49. The van der Waals surface area contributed by atoms with Crippen LogP contribution in [-0.4, -0.2) is 24.5 Å². The summed E-state index contributed by atoms with van der Waals surface area (Å²) in [5.74, 6) is 1.68. The molecule has 1 N–H and O–H groups in total. The maximum absolute atomic E-state index is 9.68. The van der Waals surface area contributed by atoms with Crippen LogP contribution in [0.1, 0.15) is 12.0 Å². The second kappa shape index (κ2) is 5.65. The van der Waals surface area contributed by atoms with Crippen molar-refractivity contribution in [3.05, 3.63) is 48.0 Å². The van der Waals surface area contributed by atoms with E-state index in [2.05, 4.69) is 4.99 Å². The van der Waals surface area contributed by atoms with Crippen LogP contribution >= 0.6 is 0 Å². The number of ether oxygens (including phenoxy) is 2. The van der Waals surface area contributed by atoms with E-state index in [0.29, 0.717) is 18.8 Å². The zero-order valence-electron chi connectivity index (χ0n) is 11.0. The molecule has 0 bridgehead atoms. The van der Waals surface area contributed by atoms with E-state index in [4.69, 9.17) is 9.47 Å². The molecule has 102 valence electrons. The lowest BCUT2D eigenvalue weighted by molar-refractivity contribution is 0.297. The number of benzene rings is 2. The number of hydrogen-bond donors (Lipinski definition) is 1. The predicted molar refractivity (Wildman–Crippen MR) is 77.4 cm³/mol. The van der Waals surface area contributed by atoms with Crippen LogP contribution in [0.4, 0.5) is 5.69 Å². The molecule has 0 atom stereocenters. The highest BCUT2D eigenvalue weighted by Gasteiger charge is 2.10. The third-order valence-electron chi connectivity index (χ3n) is 3.02. The molecule has 2 aromatic carbocycles. The summed E-state index contributed by atoms with van der Waals surface area (Å²) in [6.07, 6.45) is 2.51. The molecule has 0 aliphatic carbocycles. The smallest absolute Gasteiger partial charge is 0.163 e. The van der Waals surface area contributed by atoms with E-state index < -0.39 is 0 Å². The molecular weight excluding hydrogens is 254 g/mol. The van der Waals surface area contributed by atoms with Crippen LogP contribution in [0.5, 0.6) is 17.2 Å². The first-order valence-electron chi connectivity index (χ1n) is 6.55. The molecule has 0 aromatic heterocycles. The van der Waals surface area contributed by atoms with Gasteiger partial charge in [0.25, 0.3) is 0 Å². The van der Waals surface area contributed by atoms with Gasteiger partial charge in [0.2, 0.25) is 0 Å². The van der Waals surface area contributed by atoms with Gasteiger partial charge in [0.05, 0.1) is 18.9 Å². The molecule has 4 nitrogen and oxygen atoms in total. The van der Waals surface area contributed by atoms with Crippen LogP contribution in [0, 0.1) is 0 Å². The van der Waals surface area contributed by atoms with Crippen molar-refractivity contribution in [1.82, 2.24) is 0 Å². The fourth-order valence-electron chi connectivity index (χ4n) is 1.97. The minimum Gasteiger partial charge on any atom is -0.507 e. The number of aliphatic imine (C=N–C) groups is 1. The van der Waals surface area contributed by atoms with Crippen molar-refractivity contribution < 1.29 is 14.6 Å². The van der Waals surface area contributed by atoms with Gasteiger partial charge in [0.1, 0.15) is 5.75 Å². The Bertz CT molecular complexity index is 637. The van der Waals surface area contributed by atoms with Crippen molar-refractivity contribution in [3.8, 4) is 17.2 Å². The maximum Gasteiger partial charge on any atom is 0.163 e. The van der Waals surface area contributed by atoms with Gasteiger partial charge >= 0.3 is 0 Å². The monoisotopic (exact) mass is 269 g/mol. The van der Waals surface area contributed by atoms with Gasteiger partial charge in [0, 0.05) is 24.3 Å². The van der Waals surface area contributed by atoms with E-state index in [1.807, 2.05) is 30.3 Å². The summed E-state index contributed by atoms with van der Waals surface area (Å²) in [5.41, 5.74) is 1.44. The summed E-state index contributed by atoms with van der Waals surface area (Å²) in [7, 11) is 0. The number of nitrogens with zero attached hydrogens (tertiary/aromatic N) is 1. The highest BCUT2D eigenvalue weighted by molar-refractivity contribution is 5.85. The summed E-state index contributed by atoms with van der Waals surface area (Å²) < 4.78 is 11.2. The van der Waals surface area contributed by atoms with Gasteiger partial charge in [-0.1, -0.05) is 12.1 Å². The summed E-state index contributed by atoms with van der Waals surface area (Å²) in [6, 6.07) is 12.6. The molecule has 0 unspecified atom stereocenters. The molecular formula is C16H15NO3. The lowest BCUT2D eigenvalue weighted by atomic mass is 10.2. The Morgan fingerprint density at radius 2 is 1.80 bits per heavy atom.